The van der Waals surface area contributed by atoms with Gasteiger partial charge in [-0.15, -0.1) is 22.7 Å². The Bertz CT molecular complexity index is 1030. The van der Waals surface area contributed by atoms with Crippen LogP contribution in [0.1, 0.15) is 34.4 Å². The summed E-state index contributed by atoms with van der Waals surface area (Å²) in [5.74, 6) is 0.549. The molecular weight excluding hydrogens is 388 g/mol. The van der Waals surface area contributed by atoms with Crippen LogP contribution < -0.4 is 5.32 Å². The molecule has 1 aliphatic rings. The van der Waals surface area contributed by atoms with E-state index in [-0.39, 0.29) is 12.5 Å². The monoisotopic (exact) mass is 410 g/mol. The van der Waals surface area contributed by atoms with Crippen molar-refractivity contribution in [3.63, 3.8) is 0 Å². The molecule has 28 heavy (non-hydrogen) atoms. The van der Waals surface area contributed by atoms with Crippen LogP contribution in [0.5, 0.6) is 0 Å². The molecule has 4 rings (SSSR count). The Labute approximate surface area is 172 Å². The van der Waals surface area contributed by atoms with Crippen LogP contribution in [0.3, 0.4) is 0 Å². The van der Waals surface area contributed by atoms with Gasteiger partial charge in [0.25, 0.3) is 0 Å². The van der Waals surface area contributed by atoms with Gasteiger partial charge in [-0.1, -0.05) is 19.1 Å². The lowest BCUT2D eigenvalue weighted by Crippen LogP contribution is -2.29. The maximum Gasteiger partial charge on any atom is 0.239 e. The lowest BCUT2D eigenvalue weighted by Gasteiger charge is -2.17. The summed E-state index contributed by atoms with van der Waals surface area (Å²) in [6, 6.07) is 10.4. The van der Waals surface area contributed by atoms with Gasteiger partial charge >= 0.3 is 0 Å². The van der Waals surface area contributed by atoms with Crippen LogP contribution in [0.2, 0.25) is 0 Å². The molecule has 2 heterocycles. The van der Waals surface area contributed by atoms with Crippen molar-refractivity contribution in [3.8, 4) is 6.07 Å². The van der Waals surface area contributed by atoms with E-state index in [0.717, 1.165) is 40.1 Å². The molecule has 1 aromatic carbocycles. The van der Waals surface area contributed by atoms with Crippen molar-refractivity contribution in [3.05, 3.63) is 45.3 Å². The van der Waals surface area contributed by atoms with Crippen molar-refractivity contribution in [2.24, 2.45) is 5.92 Å². The zero-order valence-electron chi connectivity index (χ0n) is 16.0. The highest BCUT2D eigenvalue weighted by atomic mass is 32.1. The van der Waals surface area contributed by atoms with E-state index in [1.165, 1.54) is 4.88 Å². The van der Waals surface area contributed by atoms with Crippen LogP contribution in [0, 0.1) is 17.2 Å². The molecule has 1 N–H and O–H groups in total. The number of anilines is 1. The first-order chi connectivity index (χ1) is 13.5. The number of nitriles is 1. The molecule has 144 valence electrons. The molecule has 0 saturated carbocycles. The second kappa shape index (κ2) is 8.00. The van der Waals surface area contributed by atoms with E-state index >= 15 is 0 Å². The third-order valence-corrected chi connectivity index (χ3v) is 7.22. The number of fused-ring (bicyclic) bond motifs is 2. The molecule has 2 aromatic heterocycles. The minimum atomic E-state index is -0.0910. The van der Waals surface area contributed by atoms with Crippen molar-refractivity contribution in [2.45, 2.75) is 32.7 Å². The van der Waals surface area contributed by atoms with Gasteiger partial charge in [-0.05, 0) is 49.9 Å². The zero-order valence-corrected chi connectivity index (χ0v) is 17.6. The normalized spacial score (nSPS) is 16.1. The molecule has 7 heteroatoms. The van der Waals surface area contributed by atoms with Gasteiger partial charge in [0.05, 0.1) is 28.9 Å². The number of hydrogen-bond acceptors (Lipinski definition) is 6. The number of amides is 1. The predicted octanol–water partition coefficient (Wildman–Crippen LogP) is 4.42. The third kappa shape index (κ3) is 3.95. The summed E-state index contributed by atoms with van der Waals surface area (Å²) in [6.07, 6.45) is 3.04. The number of likely N-dealkylation sites (N-methyl/N-ethyl adjacent to an activating group) is 1. The number of carbonyl (C=O) groups excluding carboxylic acids is 1. The first-order valence-electron chi connectivity index (χ1n) is 9.41. The summed E-state index contributed by atoms with van der Waals surface area (Å²) in [4.78, 5) is 20.4. The van der Waals surface area contributed by atoms with Gasteiger partial charge in [-0.3, -0.25) is 9.69 Å². The van der Waals surface area contributed by atoms with Crippen molar-refractivity contribution < 1.29 is 4.79 Å². The van der Waals surface area contributed by atoms with Gasteiger partial charge in [0, 0.05) is 4.88 Å². The van der Waals surface area contributed by atoms with Crippen molar-refractivity contribution >= 4 is 43.8 Å². The van der Waals surface area contributed by atoms with E-state index in [1.54, 1.807) is 22.7 Å². The van der Waals surface area contributed by atoms with E-state index in [9.17, 15) is 10.1 Å². The Morgan fingerprint density at radius 1 is 1.39 bits per heavy atom. The largest absolute Gasteiger partial charge is 0.315 e. The number of thiazole rings is 1. The smallest absolute Gasteiger partial charge is 0.239 e. The molecule has 0 spiro atoms. The highest BCUT2D eigenvalue weighted by Crippen LogP contribution is 2.39. The fourth-order valence-corrected chi connectivity index (χ4v) is 6.07. The number of para-hydroxylation sites is 1. The number of nitrogens with one attached hydrogen (secondary N) is 1. The standard InChI is InChI=1S/C21H22N4OS2/c1-13-7-8-14-15(10-22)21(28-18(14)9-13)24-19(26)11-25(2)12-20-23-16-5-3-4-6-17(16)27-20/h3-6,13H,7-9,11-12H2,1-2H3,(H,24,26)/t13-/m1/s1. The van der Waals surface area contributed by atoms with Crippen LogP contribution >= 0.6 is 22.7 Å². The van der Waals surface area contributed by atoms with Crippen LogP contribution in [0.4, 0.5) is 5.00 Å². The van der Waals surface area contributed by atoms with Gasteiger partial charge < -0.3 is 5.32 Å². The maximum atomic E-state index is 12.6. The number of hydrogen-bond donors (Lipinski definition) is 1. The van der Waals surface area contributed by atoms with E-state index in [0.29, 0.717) is 23.0 Å². The highest BCUT2D eigenvalue weighted by Gasteiger charge is 2.24. The summed E-state index contributed by atoms with van der Waals surface area (Å²) in [7, 11) is 1.91. The molecular formula is C21H22N4OS2. The van der Waals surface area contributed by atoms with Gasteiger partial charge in [0.15, 0.2) is 0 Å². The summed E-state index contributed by atoms with van der Waals surface area (Å²) in [6.45, 7) is 3.13. The minimum Gasteiger partial charge on any atom is -0.315 e. The second-order valence-corrected chi connectivity index (χ2v) is 9.68. The fourth-order valence-electron chi connectivity index (χ4n) is 3.64. The summed E-state index contributed by atoms with van der Waals surface area (Å²) in [5.41, 5.74) is 2.80. The van der Waals surface area contributed by atoms with E-state index < -0.39 is 0 Å². The van der Waals surface area contributed by atoms with Gasteiger partial charge in [0.1, 0.15) is 16.1 Å². The molecule has 0 aliphatic heterocycles. The van der Waals surface area contributed by atoms with E-state index in [4.69, 9.17) is 0 Å². The molecule has 0 fully saturated rings. The lowest BCUT2D eigenvalue weighted by atomic mass is 9.89. The quantitative estimate of drug-likeness (QED) is 0.676. The van der Waals surface area contributed by atoms with E-state index in [2.05, 4.69) is 29.4 Å². The van der Waals surface area contributed by atoms with Crippen LogP contribution in [0.15, 0.2) is 24.3 Å². The highest BCUT2D eigenvalue weighted by molar-refractivity contribution is 7.18. The molecule has 0 bridgehead atoms. The average molecular weight is 411 g/mol. The Morgan fingerprint density at radius 3 is 3.00 bits per heavy atom. The molecule has 0 radical (unpaired) electrons. The van der Waals surface area contributed by atoms with Gasteiger partial charge in [-0.25, -0.2) is 4.98 Å². The Morgan fingerprint density at radius 2 is 2.21 bits per heavy atom. The topological polar surface area (TPSA) is 69.0 Å². The molecule has 0 unspecified atom stereocenters. The first kappa shape index (κ1) is 19.1. The molecule has 1 amide bonds. The molecule has 0 saturated heterocycles. The number of aromatic nitrogens is 1. The molecule has 5 nitrogen and oxygen atoms in total. The minimum absolute atomic E-state index is 0.0910. The fraction of sp³-hybridized carbons (Fsp3) is 0.381. The van der Waals surface area contributed by atoms with E-state index in [1.807, 2.05) is 30.1 Å². The van der Waals surface area contributed by atoms with Crippen molar-refractivity contribution in [1.29, 1.82) is 5.26 Å². The molecule has 1 atom stereocenters. The average Bonchev–Trinajstić information content (AvgIpc) is 3.20. The molecule has 3 aromatic rings. The van der Waals surface area contributed by atoms with Crippen molar-refractivity contribution in [2.75, 3.05) is 18.9 Å². The van der Waals surface area contributed by atoms with Crippen LogP contribution in [0.25, 0.3) is 10.2 Å². The summed E-state index contributed by atoms with van der Waals surface area (Å²) < 4.78 is 1.16. The SMILES string of the molecule is C[C@@H]1CCc2c(sc(NC(=O)CN(C)Cc3nc4ccccc4s3)c2C#N)C1. The van der Waals surface area contributed by atoms with Crippen LogP contribution in [-0.2, 0) is 24.2 Å². The first-order valence-corrected chi connectivity index (χ1v) is 11.0. The van der Waals surface area contributed by atoms with Gasteiger partial charge in [0.2, 0.25) is 5.91 Å². The number of nitrogens with zero attached hydrogens (tertiary/aromatic N) is 3. The zero-order chi connectivity index (χ0) is 19.7. The molecule has 1 aliphatic carbocycles. The number of thiophene rings is 1. The summed E-state index contributed by atoms with van der Waals surface area (Å²) >= 11 is 3.23. The number of benzene rings is 1. The Hall–Kier alpha value is -2.27. The Kier molecular flexibility index (Phi) is 5.44. The Balaban J connectivity index is 1.41. The van der Waals surface area contributed by atoms with Gasteiger partial charge in [-0.2, -0.15) is 5.26 Å². The summed E-state index contributed by atoms with van der Waals surface area (Å²) in [5, 5.41) is 14.3. The van der Waals surface area contributed by atoms with Crippen molar-refractivity contribution in [1.82, 2.24) is 9.88 Å². The lowest BCUT2D eigenvalue weighted by molar-refractivity contribution is -0.117. The number of carbonyl (C=O) groups is 1. The predicted molar refractivity (Wildman–Crippen MR) is 115 cm³/mol. The second-order valence-electron chi connectivity index (χ2n) is 7.46. The third-order valence-electron chi connectivity index (χ3n) is 5.03. The number of rotatable bonds is 5. The van der Waals surface area contributed by atoms with Crippen LogP contribution in [-0.4, -0.2) is 29.4 Å². The maximum absolute atomic E-state index is 12.6.